The van der Waals surface area contributed by atoms with Crippen molar-refractivity contribution in [2.45, 2.75) is 95.7 Å². The molecule has 2 bridgehead atoms. The summed E-state index contributed by atoms with van der Waals surface area (Å²) >= 11 is 0. The molecule has 0 spiro atoms. The van der Waals surface area contributed by atoms with E-state index in [4.69, 9.17) is 9.47 Å². The van der Waals surface area contributed by atoms with Crippen LogP contribution in [0.15, 0.2) is 12.1 Å². The lowest BCUT2D eigenvalue weighted by molar-refractivity contribution is -0.150. The van der Waals surface area contributed by atoms with E-state index in [0.29, 0.717) is 25.7 Å². The molecule has 0 heterocycles. The van der Waals surface area contributed by atoms with Crippen LogP contribution in [0.4, 0.5) is 0 Å². The quantitative estimate of drug-likeness (QED) is 0.452. The van der Waals surface area contributed by atoms with Crippen LogP contribution in [0.2, 0.25) is 0 Å². The number of ether oxygens (including phenoxy) is 2. The lowest BCUT2D eigenvalue weighted by Gasteiger charge is -2.34. The number of benzene rings is 1. The van der Waals surface area contributed by atoms with Crippen molar-refractivity contribution in [3.05, 3.63) is 23.3 Å². The predicted octanol–water partition coefficient (Wildman–Crippen LogP) is 4.18. The molecule has 4 aliphatic rings. The number of amides is 2. The minimum Gasteiger partial charge on any atom is -0.496 e. The van der Waals surface area contributed by atoms with Gasteiger partial charge >= 0.3 is 5.97 Å². The van der Waals surface area contributed by atoms with Crippen molar-refractivity contribution in [1.29, 1.82) is 5.26 Å². The number of carbonyl (C=O) groups is 3. The molecular weight excluding hydrogens is 498 g/mol. The first-order chi connectivity index (χ1) is 18.7. The molecule has 0 radical (unpaired) electrons. The van der Waals surface area contributed by atoms with Gasteiger partial charge in [0.15, 0.2) is 0 Å². The lowest BCUT2D eigenvalue weighted by atomic mass is 9.75. The van der Waals surface area contributed by atoms with E-state index in [1.807, 2.05) is 0 Å². The molecule has 0 aliphatic heterocycles. The van der Waals surface area contributed by atoms with E-state index in [1.165, 1.54) is 13.2 Å². The second-order valence-electron chi connectivity index (χ2n) is 12.2. The normalized spacial score (nSPS) is 31.9. The highest BCUT2D eigenvalue weighted by atomic mass is 16.5. The number of rotatable bonds is 8. The number of aliphatic carboxylic acids is 1. The maximum absolute atomic E-state index is 13.6. The Morgan fingerprint density at radius 3 is 2.33 bits per heavy atom. The molecule has 1 aromatic carbocycles. The monoisotopic (exact) mass is 537 g/mol. The number of carboxylic acids is 1. The first kappa shape index (κ1) is 27.3. The van der Waals surface area contributed by atoms with Gasteiger partial charge in [-0.3, -0.25) is 14.4 Å². The molecule has 4 atom stereocenters. The van der Waals surface area contributed by atoms with Crippen molar-refractivity contribution in [1.82, 2.24) is 10.6 Å². The number of hydrogen-bond acceptors (Lipinski definition) is 6. The molecule has 2 amide bonds. The van der Waals surface area contributed by atoms with Crippen LogP contribution in [0.25, 0.3) is 0 Å². The summed E-state index contributed by atoms with van der Waals surface area (Å²) in [5, 5.41) is 25.7. The van der Waals surface area contributed by atoms with Crippen LogP contribution in [0.3, 0.4) is 0 Å². The molecule has 0 saturated heterocycles. The summed E-state index contributed by atoms with van der Waals surface area (Å²) in [6.07, 6.45) is 9.09. The van der Waals surface area contributed by atoms with E-state index in [-0.39, 0.29) is 70.4 Å². The lowest BCUT2D eigenvalue weighted by Crippen LogP contribution is -2.51. The van der Waals surface area contributed by atoms with Gasteiger partial charge < -0.3 is 25.2 Å². The average Bonchev–Trinajstić information content (AvgIpc) is 3.68. The van der Waals surface area contributed by atoms with Crippen LogP contribution in [0.1, 0.15) is 93.5 Å². The Morgan fingerprint density at radius 2 is 1.69 bits per heavy atom. The SMILES string of the molecule is COc1cc(C#N)c(OC2CCC(C)(C(=O)O)CC2)cc1C(=O)NC1C2CCC(C2)C1C(=O)NC1CCCC1. The van der Waals surface area contributed by atoms with E-state index in [1.54, 1.807) is 13.0 Å². The average molecular weight is 538 g/mol. The number of nitrogens with zero attached hydrogens (tertiary/aromatic N) is 1. The number of nitriles is 1. The topological polar surface area (TPSA) is 138 Å². The summed E-state index contributed by atoms with van der Waals surface area (Å²) in [5.74, 6) is -0.225. The first-order valence-electron chi connectivity index (χ1n) is 14.4. The van der Waals surface area contributed by atoms with E-state index < -0.39 is 11.4 Å². The highest BCUT2D eigenvalue weighted by Crippen LogP contribution is 2.49. The Bertz CT molecular complexity index is 1160. The molecule has 39 heavy (non-hydrogen) atoms. The number of carbonyl (C=O) groups excluding carboxylic acids is 2. The van der Waals surface area contributed by atoms with E-state index in [2.05, 4.69) is 16.7 Å². The summed E-state index contributed by atoms with van der Waals surface area (Å²) < 4.78 is 11.7. The molecule has 3 N–H and O–H groups in total. The second-order valence-corrected chi connectivity index (χ2v) is 12.2. The van der Waals surface area contributed by atoms with Crippen molar-refractivity contribution in [2.24, 2.45) is 23.2 Å². The van der Waals surface area contributed by atoms with Crippen molar-refractivity contribution in [2.75, 3.05) is 7.11 Å². The molecule has 9 heteroatoms. The molecule has 4 saturated carbocycles. The fraction of sp³-hybridized carbons (Fsp3) is 0.667. The van der Waals surface area contributed by atoms with Gasteiger partial charge in [0.2, 0.25) is 5.91 Å². The summed E-state index contributed by atoms with van der Waals surface area (Å²) in [6.45, 7) is 1.75. The number of nitrogens with one attached hydrogen (secondary N) is 2. The third kappa shape index (κ3) is 5.43. The Morgan fingerprint density at radius 1 is 1.00 bits per heavy atom. The third-order valence-corrected chi connectivity index (χ3v) is 9.73. The number of methoxy groups -OCH3 is 1. The number of hydrogen-bond donors (Lipinski definition) is 3. The molecule has 9 nitrogen and oxygen atoms in total. The van der Waals surface area contributed by atoms with Crippen LogP contribution >= 0.6 is 0 Å². The van der Waals surface area contributed by atoms with Gasteiger partial charge in [-0.05, 0) is 82.6 Å². The van der Waals surface area contributed by atoms with Crippen LogP contribution in [0.5, 0.6) is 11.5 Å². The van der Waals surface area contributed by atoms with Crippen LogP contribution in [-0.4, -0.2) is 48.2 Å². The van der Waals surface area contributed by atoms with Gasteiger partial charge in [0, 0.05) is 18.2 Å². The summed E-state index contributed by atoms with van der Waals surface area (Å²) in [5.41, 5.74) is -0.261. The van der Waals surface area contributed by atoms with Crippen LogP contribution < -0.4 is 20.1 Å². The minimum absolute atomic E-state index is 0.0564. The highest BCUT2D eigenvalue weighted by molar-refractivity contribution is 5.98. The molecule has 4 fully saturated rings. The van der Waals surface area contributed by atoms with Gasteiger partial charge in [-0.2, -0.15) is 5.26 Å². The van der Waals surface area contributed by atoms with E-state index in [9.17, 15) is 24.8 Å². The third-order valence-electron chi connectivity index (χ3n) is 9.73. The fourth-order valence-electron chi connectivity index (χ4n) is 7.30. The standard InChI is InChI=1S/C30H39N3O6/c1-30(29(36)37)11-9-21(10-12-30)39-23-15-22(24(38-2)14-19(23)16-31)27(34)33-26-18-8-7-17(13-18)25(26)28(35)32-20-5-3-4-6-20/h14-15,17-18,20-21,25-26H,3-13H2,1-2H3,(H,32,35)(H,33,34)(H,36,37). The largest absolute Gasteiger partial charge is 0.496 e. The second kappa shape index (κ2) is 11.1. The van der Waals surface area contributed by atoms with Crippen LogP contribution in [-0.2, 0) is 9.59 Å². The van der Waals surface area contributed by atoms with Gasteiger partial charge in [-0.25, -0.2) is 0 Å². The molecule has 210 valence electrons. The molecule has 1 aromatic rings. The number of fused-ring (bicyclic) bond motifs is 2. The molecular formula is C30H39N3O6. The van der Waals surface area contributed by atoms with Gasteiger partial charge in [0.25, 0.3) is 5.91 Å². The molecule has 4 aliphatic carbocycles. The maximum Gasteiger partial charge on any atom is 0.309 e. The van der Waals surface area contributed by atoms with Crippen molar-refractivity contribution >= 4 is 17.8 Å². The highest BCUT2D eigenvalue weighted by Gasteiger charge is 2.51. The summed E-state index contributed by atoms with van der Waals surface area (Å²) in [7, 11) is 1.46. The Hall–Kier alpha value is -3.28. The molecule has 4 unspecified atom stereocenters. The minimum atomic E-state index is -0.807. The number of carboxylic acid groups (broad SMARTS) is 1. The van der Waals surface area contributed by atoms with Crippen LogP contribution in [0, 0.1) is 34.5 Å². The Balaban J connectivity index is 1.32. The summed E-state index contributed by atoms with van der Waals surface area (Å²) in [6, 6.07) is 5.19. The summed E-state index contributed by atoms with van der Waals surface area (Å²) in [4.78, 5) is 38.6. The smallest absolute Gasteiger partial charge is 0.309 e. The Labute approximate surface area is 229 Å². The van der Waals surface area contributed by atoms with Gasteiger partial charge in [0.05, 0.1) is 35.7 Å². The van der Waals surface area contributed by atoms with Gasteiger partial charge in [0.1, 0.15) is 17.6 Å². The zero-order valence-electron chi connectivity index (χ0n) is 22.8. The fourth-order valence-corrected chi connectivity index (χ4v) is 7.30. The predicted molar refractivity (Wildman–Crippen MR) is 142 cm³/mol. The van der Waals surface area contributed by atoms with Crippen molar-refractivity contribution < 1.29 is 29.0 Å². The first-order valence-corrected chi connectivity index (χ1v) is 14.4. The molecule has 5 rings (SSSR count). The van der Waals surface area contributed by atoms with E-state index in [0.717, 1.165) is 44.9 Å². The van der Waals surface area contributed by atoms with E-state index >= 15 is 0 Å². The van der Waals surface area contributed by atoms with Gasteiger partial charge in [-0.15, -0.1) is 0 Å². The zero-order chi connectivity index (χ0) is 27.7. The Kier molecular flexibility index (Phi) is 7.75. The maximum atomic E-state index is 13.6. The van der Waals surface area contributed by atoms with Crippen molar-refractivity contribution in [3.8, 4) is 17.6 Å². The molecule has 0 aromatic heterocycles. The van der Waals surface area contributed by atoms with Crippen molar-refractivity contribution in [3.63, 3.8) is 0 Å². The zero-order valence-corrected chi connectivity index (χ0v) is 22.8. The van der Waals surface area contributed by atoms with Gasteiger partial charge in [-0.1, -0.05) is 12.8 Å².